The van der Waals surface area contributed by atoms with Gasteiger partial charge in [-0.3, -0.25) is 9.59 Å². The molecule has 0 spiro atoms. The fourth-order valence-corrected chi connectivity index (χ4v) is 3.12. The smallest absolute Gasteiger partial charge is 0.336 e. The molecule has 2 aromatic carbocycles. The van der Waals surface area contributed by atoms with Crippen LogP contribution in [0.5, 0.6) is 5.75 Å². The van der Waals surface area contributed by atoms with Gasteiger partial charge < -0.3 is 19.6 Å². The Balaban J connectivity index is 1.65. The SMILES string of the molecule is CCc1cc2c(COC(=O)C[C@H](C)NC(=O)c3ccccc3)cc(=O)oc2cc1O. The molecule has 1 atom stereocenters. The molecule has 3 rings (SSSR count). The minimum Gasteiger partial charge on any atom is -0.508 e. The summed E-state index contributed by atoms with van der Waals surface area (Å²) in [6.07, 6.45) is 0.581. The van der Waals surface area contributed by atoms with Crippen LogP contribution in [0.25, 0.3) is 11.0 Å². The zero-order valence-corrected chi connectivity index (χ0v) is 16.8. The number of esters is 1. The molecule has 0 saturated carbocycles. The molecule has 156 valence electrons. The lowest BCUT2D eigenvalue weighted by molar-refractivity contribution is -0.145. The molecule has 1 aromatic heterocycles. The fourth-order valence-electron chi connectivity index (χ4n) is 3.12. The van der Waals surface area contributed by atoms with Crippen molar-refractivity contribution in [3.63, 3.8) is 0 Å². The topological polar surface area (TPSA) is 106 Å². The monoisotopic (exact) mass is 409 g/mol. The van der Waals surface area contributed by atoms with Crippen LogP contribution in [0, 0.1) is 0 Å². The molecule has 30 heavy (non-hydrogen) atoms. The molecular formula is C23H23NO6. The van der Waals surface area contributed by atoms with Gasteiger partial charge in [0, 0.05) is 34.7 Å². The van der Waals surface area contributed by atoms with Crippen molar-refractivity contribution in [2.24, 2.45) is 0 Å². The number of ether oxygens (including phenoxy) is 1. The highest BCUT2D eigenvalue weighted by atomic mass is 16.5. The maximum absolute atomic E-state index is 12.2. The molecule has 0 aliphatic heterocycles. The number of hydrogen-bond acceptors (Lipinski definition) is 6. The van der Waals surface area contributed by atoms with E-state index in [1.807, 2.05) is 13.0 Å². The number of rotatable bonds is 7. The van der Waals surface area contributed by atoms with Crippen LogP contribution in [0.1, 0.15) is 41.8 Å². The van der Waals surface area contributed by atoms with Gasteiger partial charge in [0.25, 0.3) is 5.91 Å². The van der Waals surface area contributed by atoms with Crippen LogP contribution in [0.15, 0.2) is 57.7 Å². The predicted octanol–water partition coefficient (Wildman–Crippen LogP) is 3.31. The van der Waals surface area contributed by atoms with E-state index in [-0.39, 0.29) is 30.3 Å². The van der Waals surface area contributed by atoms with Gasteiger partial charge in [-0.05, 0) is 37.1 Å². The third-order valence-corrected chi connectivity index (χ3v) is 4.69. The van der Waals surface area contributed by atoms with Gasteiger partial charge in [0.15, 0.2) is 0 Å². The van der Waals surface area contributed by atoms with Crippen molar-refractivity contribution in [2.45, 2.75) is 39.3 Å². The quantitative estimate of drug-likeness (QED) is 0.458. The van der Waals surface area contributed by atoms with Gasteiger partial charge in [0.05, 0.1) is 6.42 Å². The summed E-state index contributed by atoms with van der Waals surface area (Å²) >= 11 is 0. The van der Waals surface area contributed by atoms with Crippen LogP contribution in [-0.4, -0.2) is 23.0 Å². The molecular weight excluding hydrogens is 386 g/mol. The average Bonchev–Trinajstić information content (AvgIpc) is 2.71. The van der Waals surface area contributed by atoms with Gasteiger partial charge >= 0.3 is 11.6 Å². The van der Waals surface area contributed by atoms with Crippen LogP contribution in [0.4, 0.5) is 0 Å². The van der Waals surface area contributed by atoms with Crippen molar-refractivity contribution in [1.82, 2.24) is 5.32 Å². The lowest BCUT2D eigenvalue weighted by Crippen LogP contribution is -2.34. The van der Waals surface area contributed by atoms with Crippen molar-refractivity contribution in [1.29, 1.82) is 0 Å². The molecule has 0 unspecified atom stereocenters. The van der Waals surface area contributed by atoms with Crippen LogP contribution < -0.4 is 10.9 Å². The summed E-state index contributed by atoms with van der Waals surface area (Å²) in [5.74, 6) is -0.730. The Morgan fingerprint density at radius 2 is 1.87 bits per heavy atom. The number of fused-ring (bicyclic) bond motifs is 1. The zero-order chi connectivity index (χ0) is 21.7. The van der Waals surface area contributed by atoms with Gasteiger partial charge in [-0.15, -0.1) is 0 Å². The van der Waals surface area contributed by atoms with Crippen molar-refractivity contribution in [3.8, 4) is 5.75 Å². The number of carbonyl (C=O) groups is 2. The first-order valence-electron chi connectivity index (χ1n) is 9.67. The predicted molar refractivity (Wildman–Crippen MR) is 111 cm³/mol. The molecule has 2 N–H and O–H groups in total. The number of aromatic hydroxyl groups is 1. The second-order valence-electron chi connectivity index (χ2n) is 7.03. The summed E-state index contributed by atoms with van der Waals surface area (Å²) in [7, 11) is 0. The third kappa shape index (κ3) is 5.05. The number of phenolic OH excluding ortho intramolecular Hbond substituents is 1. The highest BCUT2D eigenvalue weighted by Gasteiger charge is 2.16. The molecule has 0 aliphatic carbocycles. The van der Waals surface area contributed by atoms with Crippen molar-refractivity contribution >= 4 is 22.8 Å². The molecule has 7 heteroatoms. The average molecular weight is 409 g/mol. The van der Waals surface area contributed by atoms with Gasteiger partial charge in [-0.25, -0.2) is 4.79 Å². The second-order valence-corrected chi connectivity index (χ2v) is 7.03. The number of aryl methyl sites for hydroxylation is 1. The van der Waals surface area contributed by atoms with Crippen LogP contribution >= 0.6 is 0 Å². The fraction of sp³-hybridized carbons (Fsp3) is 0.261. The van der Waals surface area contributed by atoms with E-state index in [9.17, 15) is 19.5 Å². The summed E-state index contributed by atoms with van der Waals surface area (Å²) in [4.78, 5) is 36.2. The number of phenols is 1. The normalized spacial score (nSPS) is 11.8. The number of nitrogens with one attached hydrogen (secondary N) is 1. The molecule has 0 aliphatic rings. The summed E-state index contributed by atoms with van der Waals surface area (Å²) in [6.45, 7) is 3.49. The van der Waals surface area contributed by atoms with Crippen LogP contribution in [-0.2, 0) is 22.6 Å². The van der Waals surface area contributed by atoms with E-state index in [2.05, 4.69) is 5.32 Å². The van der Waals surface area contributed by atoms with Crippen LogP contribution in [0.3, 0.4) is 0 Å². The molecule has 0 fully saturated rings. The molecule has 1 amide bonds. The first-order valence-corrected chi connectivity index (χ1v) is 9.67. The summed E-state index contributed by atoms with van der Waals surface area (Å²) in [5, 5.41) is 13.3. The Labute approximate surface area is 173 Å². The minimum absolute atomic E-state index is 0.0149. The van der Waals surface area contributed by atoms with Crippen molar-refractivity contribution in [3.05, 3.63) is 75.6 Å². The molecule has 0 radical (unpaired) electrons. The summed E-state index contributed by atoms with van der Waals surface area (Å²) in [5.41, 5.74) is 1.33. The highest BCUT2D eigenvalue weighted by Crippen LogP contribution is 2.27. The van der Waals surface area contributed by atoms with E-state index in [4.69, 9.17) is 9.15 Å². The van der Waals surface area contributed by atoms with E-state index in [1.54, 1.807) is 37.3 Å². The highest BCUT2D eigenvalue weighted by molar-refractivity contribution is 5.94. The Bertz CT molecular complexity index is 1120. The Hall–Kier alpha value is -3.61. The summed E-state index contributed by atoms with van der Waals surface area (Å²) in [6, 6.07) is 12.7. The zero-order valence-electron chi connectivity index (χ0n) is 16.8. The lowest BCUT2D eigenvalue weighted by Gasteiger charge is -2.14. The molecule has 0 saturated heterocycles. The van der Waals surface area contributed by atoms with Gasteiger partial charge in [-0.2, -0.15) is 0 Å². The molecule has 1 heterocycles. The first-order chi connectivity index (χ1) is 14.4. The third-order valence-electron chi connectivity index (χ3n) is 4.69. The second kappa shape index (κ2) is 9.26. The van der Waals surface area contributed by atoms with E-state index in [0.717, 1.165) is 0 Å². The van der Waals surface area contributed by atoms with E-state index >= 15 is 0 Å². The Kier molecular flexibility index (Phi) is 6.51. The Morgan fingerprint density at radius 3 is 2.57 bits per heavy atom. The molecule has 7 nitrogen and oxygen atoms in total. The van der Waals surface area contributed by atoms with Gasteiger partial charge in [-0.1, -0.05) is 25.1 Å². The number of hydrogen-bond donors (Lipinski definition) is 2. The molecule has 0 bridgehead atoms. The summed E-state index contributed by atoms with van der Waals surface area (Å²) < 4.78 is 10.5. The number of amides is 1. The van der Waals surface area contributed by atoms with E-state index in [1.165, 1.54) is 12.1 Å². The Morgan fingerprint density at radius 1 is 1.13 bits per heavy atom. The minimum atomic E-state index is -0.597. The van der Waals surface area contributed by atoms with E-state index in [0.29, 0.717) is 28.5 Å². The van der Waals surface area contributed by atoms with E-state index < -0.39 is 17.6 Å². The number of carbonyl (C=O) groups excluding carboxylic acids is 2. The van der Waals surface area contributed by atoms with Gasteiger partial charge in [0.1, 0.15) is 17.9 Å². The van der Waals surface area contributed by atoms with Crippen molar-refractivity contribution < 1.29 is 23.8 Å². The molecule has 3 aromatic rings. The standard InChI is InChI=1S/C23H23NO6/c1-3-15-10-18-17(11-22(27)30-20(18)12-19(15)25)13-29-21(26)9-14(2)24-23(28)16-7-5-4-6-8-16/h4-8,10-12,14,25H,3,9,13H2,1-2H3,(H,24,28)/t14-/m0/s1. The number of benzene rings is 2. The maximum atomic E-state index is 12.2. The first kappa shape index (κ1) is 21.1. The largest absolute Gasteiger partial charge is 0.508 e. The van der Waals surface area contributed by atoms with Crippen molar-refractivity contribution in [2.75, 3.05) is 0 Å². The van der Waals surface area contributed by atoms with Crippen LogP contribution in [0.2, 0.25) is 0 Å². The van der Waals surface area contributed by atoms with Gasteiger partial charge in [0.2, 0.25) is 0 Å². The lowest BCUT2D eigenvalue weighted by atomic mass is 10.0. The maximum Gasteiger partial charge on any atom is 0.336 e.